The molecule has 13 heteroatoms. The molecule has 0 radical (unpaired) electrons. The topological polar surface area (TPSA) is 128 Å². The minimum absolute atomic E-state index is 0.166. The maximum Gasteiger partial charge on any atom is 0.501 e. The summed E-state index contributed by atoms with van der Waals surface area (Å²) in [5, 5.41) is 17.4. The molecule has 0 spiro atoms. The van der Waals surface area contributed by atoms with Gasteiger partial charge in [0, 0.05) is 13.0 Å². The highest BCUT2D eigenvalue weighted by atomic mass is 32.2. The van der Waals surface area contributed by atoms with E-state index in [0.29, 0.717) is 12.1 Å². The van der Waals surface area contributed by atoms with Crippen molar-refractivity contribution >= 4 is 21.2 Å². The fourth-order valence-electron chi connectivity index (χ4n) is 1.87. The van der Waals surface area contributed by atoms with Gasteiger partial charge in [0.1, 0.15) is 5.69 Å². The van der Waals surface area contributed by atoms with Crippen molar-refractivity contribution in [1.29, 1.82) is 0 Å². The van der Waals surface area contributed by atoms with Crippen LogP contribution in [0.15, 0.2) is 27.6 Å². The van der Waals surface area contributed by atoms with Crippen LogP contribution in [0.1, 0.15) is 24.7 Å². The zero-order valence-electron chi connectivity index (χ0n) is 12.7. The number of hydrogen-bond donors (Lipinski definition) is 1. The van der Waals surface area contributed by atoms with Gasteiger partial charge in [0.25, 0.3) is 15.5 Å². The highest BCUT2D eigenvalue weighted by molar-refractivity contribution is 7.92. The zero-order chi connectivity index (χ0) is 19.0. The third-order valence-corrected chi connectivity index (χ3v) is 4.57. The van der Waals surface area contributed by atoms with Crippen molar-refractivity contribution < 1.29 is 31.0 Å². The van der Waals surface area contributed by atoms with E-state index in [1.807, 2.05) is 0 Å². The van der Waals surface area contributed by atoms with Crippen molar-refractivity contribution in [3.8, 4) is 0 Å². The van der Waals surface area contributed by atoms with Gasteiger partial charge in [0.2, 0.25) is 5.89 Å². The first kappa shape index (κ1) is 18.6. The number of anilines is 1. The van der Waals surface area contributed by atoms with Crippen LogP contribution >= 0.6 is 0 Å². The summed E-state index contributed by atoms with van der Waals surface area (Å²) in [5.41, 5.74) is -6.59. The Morgan fingerprint density at radius 2 is 2.00 bits per heavy atom. The van der Waals surface area contributed by atoms with E-state index in [2.05, 4.69) is 15.5 Å². The van der Waals surface area contributed by atoms with Gasteiger partial charge in [-0.15, -0.1) is 0 Å². The van der Waals surface area contributed by atoms with Gasteiger partial charge < -0.3 is 9.84 Å². The van der Waals surface area contributed by atoms with Crippen molar-refractivity contribution in [2.75, 3.05) is 5.32 Å². The number of nitrogens with one attached hydrogen (secondary N) is 1. The van der Waals surface area contributed by atoms with Crippen LogP contribution in [0.3, 0.4) is 0 Å². The molecule has 1 N–H and O–H groups in total. The van der Waals surface area contributed by atoms with Gasteiger partial charge in [-0.2, -0.15) is 18.2 Å². The number of nitro benzene ring substituents is 1. The smallest absolute Gasteiger partial charge is 0.370 e. The van der Waals surface area contributed by atoms with E-state index in [-0.39, 0.29) is 17.4 Å². The molecule has 0 unspecified atom stereocenters. The van der Waals surface area contributed by atoms with Crippen molar-refractivity contribution in [2.24, 2.45) is 0 Å². The summed E-state index contributed by atoms with van der Waals surface area (Å²) in [6, 6.07) is 1.17. The predicted octanol–water partition coefficient (Wildman–Crippen LogP) is 2.75. The summed E-state index contributed by atoms with van der Waals surface area (Å²) in [6.45, 7) is 3.07. The Labute approximate surface area is 138 Å². The molecule has 0 bridgehead atoms. The van der Waals surface area contributed by atoms with Gasteiger partial charge in [0.15, 0.2) is 5.82 Å². The number of nitrogens with zero attached hydrogens (tertiary/aromatic N) is 3. The second-order valence-corrected chi connectivity index (χ2v) is 6.86. The van der Waals surface area contributed by atoms with E-state index >= 15 is 0 Å². The molecule has 25 heavy (non-hydrogen) atoms. The van der Waals surface area contributed by atoms with E-state index in [9.17, 15) is 31.7 Å². The average Bonchev–Trinajstić information content (AvgIpc) is 2.92. The summed E-state index contributed by atoms with van der Waals surface area (Å²) in [6.07, 6.45) is 0. The molecule has 0 fully saturated rings. The molecule has 1 heterocycles. The summed E-state index contributed by atoms with van der Waals surface area (Å²) in [4.78, 5) is 12.8. The number of hydrogen-bond acceptors (Lipinski definition) is 8. The molecule has 1 aromatic heterocycles. The van der Waals surface area contributed by atoms with Gasteiger partial charge in [-0.1, -0.05) is 5.16 Å². The van der Waals surface area contributed by atoms with Gasteiger partial charge >= 0.3 is 5.51 Å². The van der Waals surface area contributed by atoms with Gasteiger partial charge in [0.05, 0.1) is 15.9 Å². The minimum Gasteiger partial charge on any atom is -0.370 e. The molecule has 0 aliphatic heterocycles. The molecule has 1 aromatic carbocycles. The fraction of sp³-hybridized carbons (Fsp3) is 0.333. The molecule has 9 nitrogen and oxygen atoms in total. The van der Waals surface area contributed by atoms with E-state index in [1.165, 1.54) is 13.8 Å². The summed E-state index contributed by atoms with van der Waals surface area (Å²) in [7, 11) is -5.70. The monoisotopic (exact) mass is 380 g/mol. The molecule has 2 rings (SSSR count). The Kier molecular flexibility index (Phi) is 4.70. The van der Waals surface area contributed by atoms with Crippen molar-refractivity contribution in [1.82, 2.24) is 10.1 Å². The maximum atomic E-state index is 12.6. The highest BCUT2D eigenvalue weighted by Crippen LogP contribution is 2.35. The minimum atomic E-state index is -5.70. The first-order valence-corrected chi connectivity index (χ1v) is 8.08. The van der Waals surface area contributed by atoms with Gasteiger partial charge in [-0.25, -0.2) is 8.42 Å². The molecule has 0 aliphatic carbocycles. The second kappa shape index (κ2) is 6.31. The second-order valence-electron chi connectivity index (χ2n) is 4.92. The molecule has 0 aliphatic rings. The average molecular weight is 380 g/mol. The Morgan fingerprint density at radius 3 is 2.48 bits per heavy atom. The molecular formula is C12H11F3N4O5S. The zero-order valence-corrected chi connectivity index (χ0v) is 13.6. The lowest BCUT2D eigenvalue weighted by molar-refractivity contribution is -0.384. The molecular weight excluding hydrogens is 369 g/mol. The normalized spacial score (nSPS) is 13.5. The summed E-state index contributed by atoms with van der Waals surface area (Å²) >= 11 is 0. The van der Waals surface area contributed by atoms with E-state index in [0.717, 1.165) is 6.07 Å². The third kappa shape index (κ3) is 3.70. The van der Waals surface area contributed by atoms with Crippen LogP contribution in [0.4, 0.5) is 24.5 Å². The predicted molar refractivity (Wildman–Crippen MR) is 77.4 cm³/mol. The number of alkyl halides is 3. The van der Waals surface area contributed by atoms with E-state index in [1.54, 1.807) is 0 Å². The van der Waals surface area contributed by atoms with Crippen LogP contribution in [0, 0.1) is 17.0 Å². The van der Waals surface area contributed by atoms with Crippen molar-refractivity contribution in [3.63, 3.8) is 0 Å². The Bertz CT molecular complexity index is 910. The SMILES string of the molecule is Cc1nc([C@H](C)Nc2ccc(S(=O)(=O)C(F)(F)F)cc2[N+](=O)[O-])no1. The van der Waals surface area contributed by atoms with Crippen molar-refractivity contribution in [3.05, 3.63) is 40.0 Å². The van der Waals surface area contributed by atoms with Crippen LogP contribution < -0.4 is 5.32 Å². The number of halogens is 3. The third-order valence-electron chi connectivity index (χ3n) is 3.08. The number of rotatable bonds is 5. The lowest BCUT2D eigenvalue weighted by Crippen LogP contribution is -2.23. The molecule has 0 saturated heterocycles. The standard InChI is InChI=1S/C12H11F3N4O5S/c1-6(11-17-7(2)24-18-11)16-9-4-3-8(5-10(9)19(20)21)25(22,23)12(13,14)15/h3-6,16H,1-2H3/t6-/m0/s1. The highest BCUT2D eigenvalue weighted by Gasteiger charge is 2.47. The first-order chi connectivity index (χ1) is 11.4. The van der Waals surface area contributed by atoms with Crippen LogP contribution in [0.5, 0.6) is 0 Å². The van der Waals surface area contributed by atoms with E-state index < -0.39 is 36.9 Å². The van der Waals surface area contributed by atoms with Crippen LogP contribution in [-0.4, -0.2) is 29.0 Å². The number of benzene rings is 1. The van der Waals surface area contributed by atoms with Gasteiger partial charge in [-0.05, 0) is 19.1 Å². The first-order valence-electron chi connectivity index (χ1n) is 6.60. The molecule has 136 valence electrons. The molecule has 0 saturated carbocycles. The van der Waals surface area contributed by atoms with Crippen molar-refractivity contribution in [2.45, 2.75) is 30.3 Å². The molecule has 2 aromatic rings. The largest absolute Gasteiger partial charge is 0.501 e. The Balaban J connectivity index is 2.42. The number of aromatic nitrogens is 2. The van der Waals surface area contributed by atoms with Crippen LogP contribution in [0.25, 0.3) is 0 Å². The molecule has 1 atom stereocenters. The summed E-state index contributed by atoms with van der Waals surface area (Å²) in [5.74, 6) is 0.420. The Morgan fingerprint density at radius 1 is 1.36 bits per heavy atom. The number of sulfone groups is 1. The van der Waals surface area contributed by atoms with Crippen LogP contribution in [0.2, 0.25) is 0 Å². The van der Waals surface area contributed by atoms with Crippen LogP contribution in [-0.2, 0) is 9.84 Å². The van der Waals surface area contributed by atoms with Gasteiger partial charge in [-0.3, -0.25) is 10.1 Å². The fourth-order valence-corrected chi connectivity index (χ4v) is 2.66. The number of nitro groups is 1. The molecule has 0 amide bonds. The lowest BCUT2D eigenvalue weighted by atomic mass is 10.2. The number of aryl methyl sites for hydroxylation is 1. The maximum absolute atomic E-state index is 12.6. The Hall–Kier alpha value is -2.70. The quantitative estimate of drug-likeness (QED) is 0.619. The summed E-state index contributed by atoms with van der Waals surface area (Å²) < 4.78 is 65.3. The van der Waals surface area contributed by atoms with E-state index in [4.69, 9.17) is 4.52 Å². The lowest BCUT2D eigenvalue weighted by Gasteiger charge is -2.13.